The van der Waals surface area contributed by atoms with Crippen LogP contribution in [0.1, 0.15) is 25.7 Å². The highest BCUT2D eigenvalue weighted by molar-refractivity contribution is 4.76. The molecule has 0 spiro atoms. The summed E-state index contributed by atoms with van der Waals surface area (Å²) in [5.41, 5.74) is 0. The lowest BCUT2D eigenvalue weighted by molar-refractivity contribution is 0.197. The lowest BCUT2D eigenvalue weighted by Crippen LogP contribution is -2.44. The minimum atomic E-state index is 0.993. The number of nitrogens with zero attached hydrogens (tertiary/aromatic N) is 1. The first-order valence-electron chi connectivity index (χ1n) is 5.38. The predicted octanol–water partition coefficient (Wildman–Crippen LogP) is 1.08. The van der Waals surface area contributed by atoms with Crippen molar-refractivity contribution >= 4 is 0 Å². The maximum absolute atomic E-state index is 3.33. The molecule has 0 saturated carbocycles. The zero-order valence-corrected chi connectivity index (χ0v) is 7.89. The van der Waals surface area contributed by atoms with E-state index in [4.69, 9.17) is 0 Å². The first-order chi connectivity index (χ1) is 5.95. The summed E-state index contributed by atoms with van der Waals surface area (Å²) < 4.78 is 0. The molecule has 12 heavy (non-hydrogen) atoms. The van der Waals surface area contributed by atoms with Crippen LogP contribution < -0.4 is 5.32 Å². The van der Waals surface area contributed by atoms with Crippen LogP contribution in [0.5, 0.6) is 0 Å². The van der Waals surface area contributed by atoms with E-state index in [0.717, 1.165) is 5.92 Å². The Morgan fingerprint density at radius 2 is 1.83 bits per heavy atom. The van der Waals surface area contributed by atoms with Crippen molar-refractivity contribution in [1.82, 2.24) is 10.2 Å². The maximum Gasteiger partial charge on any atom is -0.000778 e. The molecule has 2 aliphatic rings. The molecule has 2 heterocycles. The van der Waals surface area contributed by atoms with E-state index in [9.17, 15) is 0 Å². The van der Waals surface area contributed by atoms with E-state index in [-0.39, 0.29) is 0 Å². The molecule has 0 radical (unpaired) electrons. The van der Waals surface area contributed by atoms with E-state index in [0.29, 0.717) is 0 Å². The van der Waals surface area contributed by atoms with Crippen LogP contribution in [0, 0.1) is 5.92 Å². The van der Waals surface area contributed by atoms with Gasteiger partial charge in [0.2, 0.25) is 0 Å². The number of hydrogen-bond donors (Lipinski definition) is 1. The third-order valence-electron chi connectivity index (χ3n) is 3.17. The summed E-state index contributed by atoms with van der Waals surface area (Å²) in [6.45, 7) is 6.62. The Bertz CT molecular complexity index is 126. The van der Waals surface area contributed by atoms with E-state index in [2.05, 4.69) is 10.2 Å². The zero-order chi connectivity index (χ0) is 8.23. The van der Waals surface area contributed by atoms with E-state index in [1.807, 2.05) is 0 Å². The summed E-state index contributed by atoms with van der Waals surface area (Å²) in [7, 11) is 0. The molecule has 1 N–H and O–H groups in total. The number of likely N-dealkylation sites (tertiary alicyclic amines) is 1. The molecule has 0 aromatic rings. The molecule has 0 bridgehead atoms. The highest BCUT2D eigenvalue weighted by atomic mass is 15.1. The summed E-state index contributed by atoms with van der Waals surface area (Å²) in [6, 6.07) is 0. The monoisotopic (exact) mass is 168 g/mol. The van der Waals surface area contributed by atoms with Gasteiger partial charge in [0.25, 0.3) is 0 Å². The van der Waals surface area contributed by atoms with Crippen molar-refractivity contribution in [3.05, 3.63) is 0 Å². The second kappa shape index (κ2) is 4.24. The Hall–Kier alpha value is -0.0800. The summed E-state index contributed by atoms with van der Waals surface area (Å²) in [6.07, 6.45) is 5.75. The van der Waals surface area contributed by atoms with Crippen LogP contribution in [-0.2, 0) is 0 Å². The number of nitrogens with one attached hydrogen (secondary N) is 1. The topological polar surface area (TPSA) is 15.3 Å². The van der Waals surface area contributed by atoms with Gasteiger partial charge in [0, 0.05) is 0 Å². The van der Waals surface area contributed by atoms with Crippen molar-refractivity contribution in [2.24, 2.45) is 5.92 Å². The average Bonchev–Trinajstić information content (AvgIpc) is 2.04. The van der Waals surface area contributed by atoms with Crippen LogP contribution in [0.2, 0.25) is 0 Å². The van der Waals surface area contributed by atoms with E-state index in [1.54, 1.807) is 0 Å². The van der Waals surface area contributed by atoms with Gasteiger partial charge in [-0.25, -0.2) is 0 Å². The molecule has 2 nitrogen and oxygen atoms in total. The molecule has 0 aromatic carbocycles. The summed E-state index contributed by atoms with van der Waals surface area (Å²) in [4.78, 5) is 2.64. The highest BCUT2D eigenvalue weighted by Crippen LogP contribution is 2.13. The Balaban J connectivity index is 1.58. The minimum Gasteiger partial charge on any atom is -0.316 e. The van der Waals surface area contributed by atoms with Crippen LogP contribution in [0.15, 0.2) is 0 Å². The fourth-order valence-corrected chi connectivity index (χ4v) is 2.10. The van der Waals surface area contributed by atoms with Crippen molar-refractivity contribution in [2.75, 3.05) is 32.7 Å². The van der Waals surface area contributed by atoms with Crippen molar-refractivity contribution in [3.8, 4) is 0 Å². The maximum atomic E-state index is 3.33. The molecule has 2 heteroatoms. The second-order valence-electron chi connectivity index (χ2n) is 4.22. The van der Waals surface area contributed by atoms with Gasteiger partial charge in [0.05, 0.1) is 0 Å². The van der Waals surface area contributed by atoms with Gasteiger partial charge < -0.3 is 10.2 Å². The van der Waals surface area contributed by atoms with Gasteiger partial charge in [-0.2, -0.15) is 0 Å². The molecule has 0 aromatic heterocycles. The molecule has 0 amide bonds. The van der Waals surface area contributed by atoms with Crippen molar-refractivity contribution in [2.45, 2.75) is 25.7 Å². The number of rotatable bonds is 3. The van der Waals surface area contributed by atoms with Gasteiger partial charge in [0.1, 0.15) is 0 Å². The molecular weight excluding hydrogens is 148 g/mol. The van der Waals surface area contributed by atoms with E-state index < -0.39 is 0 Å². The predicted molar refractivity (Wildman–Crippen MR) is 51.3 cm³/mol. The number of hydrogen-bond acceptors (Lipinski definition) is 2. The SMILES string of the molecule is C1CCN(CCC2CNC2)CC1. The fourth-order valence-electron chi connectivity index (χ4n) is 2.10. The molecule has 2 saturated heterocycles. The first-order valence-corrected chi connectivity index (χ1v) is 5.38. The second-order valence-corrected chi connectivity index (χ2v) is 4.22. The van der Waals surface area contributed by atoms with Crippen LogP contribution in [0.3, 0.4) is 0 Å². The van der Waals surface area contributed by atoms with Crippen LogP contribution in [0.25, 0.3) is 0 Å². The van der Waals surface area contributed by atoms with Gasteiger partial charge in [0.15, 0.2) is 0 Å². The van der Waals surface area contributed by atoms with Crippen molar-refractivity contribution in [1.29, 1.82) is 0 Å². The van der Waals surface area contributed by atoms with Crippen LogP contribution in [-0.4, -0.2) is 37.6 Å². The van der Waals surface area contributed by atoms with E-state index in [1.165, 1.54) is 58.4 Å². The van der Waals surface area contributed by atoms with Gasteiger partial charge >= 0.3 is 0 Å². The summed E-state index contributed by atoms with van der Waals surface area (Å²) in [5.74, 6) is 0.993. The molecular formula is C10H20N2. The summed E-state index contributed by atoms with van der Waals surface area (Å²) >= 11 is 0. The third-order valence-corrected chi connectivity index (χ3v) is 3.17. The molecule has 0 aliphatic carbocycles. The van der Waals surface area contributed by atoms with Gasteiger partial charge in [-0.15, -0.1) is 0 Å². The lowest BCUT2D eigenvalue weighted by Gasteiger charge is -2.32. The molecule has 2 fully saturated rings. The van der Waals surface area contributed by atoms with E-state index >= 15 is 0 Å². The minimum absolute atomic E-state index is 0.993. The normalized spacial score (nSPS) is 27.0. The van der Waals surface area contributed by atoms with Crippen molar-refractivity contribution < 1.29 is 0 Å². The molecule has 70 valence electrons. The smallest absolute Gasteiger partial charge is 0.000778 e. The number of piperidine rings is 1. The largest absolute Gasteiger partial charge is 0.316 e. The van der Waals surface area contributed by atoms with Gasteiger partial charge in [-0.1, -0.05) is 6.42 Å². The molecule has 2 aliphatic heterocycles. The highest BCUT2D eigenvalue weighted by Gasteiger charge is 2.18. The Labute approximate surface area is 75.3 Å². The average molecular weight is 168 g/mol. The third kappa shape index (κ3) is 2.20. The Kier molecular flexibility index (Phi) is 3.01. The van der Waals surface area contributed by atoms with Gasteiger partial charge in [-0.05, 0) is 57.9 Å². The van der Waals surface area contributed by atoms with Crippen LogP contribution >= 0.6 is 0 Å². The quantitative estimate of drug-likeness (QED) is 0.678. The van der Waals surface area contributed by atoms with Crippen LogP contribution in [0.4, 0.5) is 0 Å². The molecule has 0 atom stereocenters. The zero-order valence-electron chi connectivity index (χ0n) is 7.89. The lowest BCUT2D eigenvalue weighted by atomic mass is 9.98. The van der Waals surface area contributed by atoms with Crippen molar-refractivity contribution in [3.63, 3.8) is 0 Å². The molecule has 2 rings (SSSR count). The molecule has 0 unspecified atom stereocenters. The first kappa shape index (κ1) is 8.52. The summed E-state index contributed by atoms with van der Waals surface area (Å²) in [5, 5.41) is 3.33. The Morgan fingerprint density at radius 1 is 1.08 bits per heavy atom. The van der Waals surface area contributed by atoms with Gasteiger partial charge in [-0.3, -0.25) is 0 Å². The Morgan fingerprint density at radius 3 is 2.42 bits per heavy atom. The standard InChI is InChI=1S/C10H20N2/c1-2-5-12(6-3-1)7-4-10-8-11-9-10/h10-11H,1-9H2. The fraction of sp³-hybridized carbons (Fsp3) is 1.00.